The molecule has 0 radical (unpaired) electrons. The molecule has 1 aliphatic carbocycles. The van der Waals surface area contributed by atoms with E-state index in [-0.39, 0.29) is 12.1 Å². The van der Waals surface area contributed by atoms with Gasteiger partial charge in [0.05, 0.1) is 17.8 Å². The Balaban J connectivity index is 1.60. The SMILES string of the molecule is CCc1ccc(-n2c(C)cc([C@@H]3[C@@H](c4ccccn4)NC(=S)N3C3CCCCC3)c2C)cc1. The van der Waals surface area contributed by atoms with E-state index in [1.165, 1.54) is 60.3 Å². The van der Waals surface area contributed by atoms with E-state index in [1.54, 1.807) is 0 Å². The summed E-state index contributed by atoms with van der Waals surface area (Å²) in [6, 6.07) is 18.2. The third-order valence-electron chi connectivity index (χ3n) is 7.50. The highest BCUT2D eigenvalue weighted by molar-refractivity contribution is 7.80. The average Bonchev–Trinajstić information content (AvgIpc) is 3.35. The fourth-order valence-corrected chi connectivity index (χ4v) is 6.21. The largest absolute Gasteiger partial charge is 0.352 e. The standard InChI is InChI=1S/C28H34N4S/c1-4-21-13-15-23(16-14-21)31-19(2)18-24(20(31)3)27-26(25-12-8-9-17-29-25)30-28(33)32(27)22-10-6-5-7-11-22/h8-9,12-18,22,26-27H,4-7,10-11H2,1-3H3,(H,30,33)/t26-,27-/m1/s1. The Kier molecular flexibility index (Phi) is 6.24. The zero-order valence-corrected chi connectivity index (χ0v) is 20.7. The van der Waals surface area contributed by atoms with Gasteiger partial charge in [-0.3, -0.25) is 4.98 Å². The Morgan fingerprint density at radius 2 is 1.79 bits per heavy atom. The highest BCUT2D eigenvalue weighted by atomic mass is 32.1. The number of hydrogen-bond acceptors (Lipinski definition) is 2. The van der Waals surface area contributed by atoms with Crippen molar-refractivity contribution in [3.8, 4) is 5.69 Å². The second kappa shape index (κ2) is 9.30. The molecule has 5 heteroatoms. The lowest BCUT2D eigenvalue weighted by Crippen LogP contribution is -2.40. The smallest absolute Gasteiger partial charge is 0.170 e. The van der Waals surface area contributed by atoms with Gasteiger partial charge in [0.15, 0.2) is 5.11 Å². The van der Waals surface area contributed by atoms with Gasteiger partial charge in [-0.15, -0.1) is 0 Å². The molecule has 2 atom stereocenters. The van der Waals surface area contributed by atoms with Crippen molar-refractivity contribution in [3.05, 3.63) is 82.9 Å². The molecule has 0 unspecified atom stereocenters. The molecule has 1 aromatic carbocycles. The van der Waals surface area contributed by atoms with Crippen molar-refractivity contribution in [1.29, 1.82) is 0 Å². The number of hydrogen-bond donors (Lipinski definition) is 1. The molecule has 4 nitrogen and oxygen atoms in total. The van der Waals surface area contributed by atoms with E-state index in [1.807, 2.05) is 12.3 Å². The lowest BCUT2D eigenvalue weighted by molar-refractivity contribution is 0.197. The van der Waals surface area contributed by atoms with Crippen molar-refractivity contribution in [3.63, 3.8) is 0 Å². The van der Waals surface area contributed by atoms with Crippen LogP contribution >= 0.6 is 12.2 Å². The van der Waals surface area contributed by atoms with Gasteiger partial charge in [0.25, 0.3) is 0 Å². The number of pyridine rings is 1. The molecule has 1 saturated heterocycles. The average molecular weight is 459 g/mol. The highest BCUT2D eigenvalue weighted by Gasteiger charge is 2.44. The maximum Gasteiger partial charge on any atom is 0.170 e. The summed E-state index contributed by atoms with van der Waals surface area (Å²) in [5.41, 5.74) is 7.54. The monoisotopic (exact) mass is 458 g/mol. The van der Waals surface area contributed by atoms with Gasteiger partial charge in [0, 0.05) is 29.3 Å². The second-order valence-corrected chi connectivity index (χ2v) is 9.89. The summed E-state index contributed by atoms with van der Waals surface area (Å²) in [4.78, 5) is 7.25. The van der Waals surface area contributed by atoms with Crippen LogP contribution in [0, 0.1) is 13.8 Å². The maximum absolute atomic E-state index is 5.96. The maximum atomic E-state index is 5.96. The molecule has 0 spiro atoms. The summed E-state index contributed by atoms with van der Waals surface area (Å²) in [5.74, 6) is 0. The molecule has 2 aromatic heterocycles. The number of nitrogens with one attached hydrogen (secondary N) is 1. The first-order chi connectivity index (χ1) is 16.1. The van der Waals surface area contributed by atoms with Crippen LogP contribution in [0.3, 0.4) is 0 Å². The molecule has 1 saturated carbocycles. The number of nitrogens with zero attached hydrogens (tertiary/aromatic N) is 3. The number of aryl methyl sites for hydroxylation is 2. The summed E-state index contributed by atoms with van der Waals surface area (Å²) in [5, 5.41) is 4.54. The third-order valence-corrected chi connectivity index (χ3v) is 7.82. The van der Waals surface area contributed by atoms with Crippen molar-refractivity contribution < 1.29 is 0 Å². The second-order valence-electron chi connectivity index (χ2n) is 9.51. The van der Waals surface area contributed by atoms with Gasteiger partial charge in [0.1, 0.15) is 0 Å². The molecule has 3 heterocycles. The minimum Gasteiger partial charge on any atom is -0.352 e. The lowest BCUT2D eigenvalue weighted by atomic mass is 9.90. The molecule has 2 aliphatic rings. The Morgan fingerprint density at radius 1 is 1.03 bits per heavy atom. The van der Waals surface area contributed by atoms with Crippen molar-refractivity contribution in [2.75, 3.05) is 0 Å². The highest BCUT2D eigenvalue weighted by Crippen LogP contribution is 2.44. The van der Waals surface area contributed by atoms with Crippen LogP contribution in [0.25, 0.3) is 5.69 Å². The van der Waals surface area contributed by atoms with E-state index >= 15 is 0 Å². The molecule has 172 valence electrons. The van der Waals surface area contributed by atoms with E-state index in [0.717, 1.165) is 17.2 Å². The quantitative estimate of drug-likeness (QED) is 0.451. The van der Waals surface area contributed by atoms with Crippen molar-refractivity contribution >= 4 is 17.3 Å². The molecular weight excluding hydrogens is 424 g/mol. The summed E-state index contributed by atoms with van der Waals surface area (Å²) >= 11 is 5.96. The summed E-state index contributed by atoms with van der Waals surface area (Å²) < 4.78 is 2.39. The molecule has 0 bridgehead atoms. The number of thiocarbonyl (C=S) groups is 1. The van der Waals surface area contributed by atoms with Crippen LogP contribution in [-0.4, -0.2) is 25.6 Å². The first kappa shape index (κ1) is 22.1. The van der Waals surface area contributed by atoms with E-state index in [4.69, 9.17) is 17.2 Å². The minimum atomic E-state index is 0.0528. The Morgan fingerprint density at radius 3 is 2.45 bits per heavy atom. The Labute approximate surface area is 203 Å². The number of rotatable bonds is 5. The van der Waals surface area contributed by atoms with Gasteiger partial charge in [0.2, 0.25) is 0 Å². The van der Waals surface area contributed by atoms with E-state index in [2.05, 4.69) is 78.0 Å². The number of benzene rings is 1. The molecule has 3 aromatic rings. The summed E-state index contributed by atoms with van der Waals surface area (Å²) in [7, 11) is 0. The zero-order chi connectivity index (χ0) is 22.9. The first-order valence-electron chi connectivity index (χ1n) is 12.4. The molecule has 1 aliphatic heterocycles. The minimum absolute atomic E-state index is 0.0528. The molecule has 33 heavy (non-hydrogen) atoms. The molecule has 2 fully saturated rings. The van der Waals surface area contributed by atoms with E-state index in [9.17, 15) is 0 Å². The van der Waals surface area contributed by atoms with Crippen LogP contribution in [0.1, 0.15) is 79.3 Å². The van der Waals surface area contributed by atoms with Crippen LogP contribution in [0.15, 0.2) is 54.7 Å². The van der Waals surface area contributed by atoms with Crippen molar-refractivity contribution in [2.45, 2.75) is 77.4 Å². The predicted octanol–water partition coefficient (Wildman–Crippen LogP) is 6.36. The Hall–Kier alpha value is -2.66. The summed E-state index contributed by atoms with van der Waals surface area (Å²) in [6.07, 6.45) is 9.28. The third kappa shape index (κ3) is 4.08. The normalized spacial score (nSPS) is 21.4. The Bertz CT molecular complexity index is 1110. The van der Waals surface area contributed by atoms with E-state index in [0.29, 0.717) is 6.04 Å². The van der Waals surface area contributed by atoms with Crippen LogP contribution in [0.4, 0.5) is 0 Å². The van der Waals surface area contributed by atoms with Crippen LogP contribution < -0.4 is 5.32 Å². The van der Waals surface area contributed by atoms with Crippen molar-refractivity contribution in [1.82, 2.24) is 19.8 Å². The van der Waals surface area contributed by atoms with Gasteiger partial charge >= 0.3 is 0 Å². The molecule has 1 N–H and O–H groups in total. The van der Waals surface area contributed by atoms with Gasteiger partial charge in [-0.2, -0.15) is 0 Å². The van der Waals surface area contributed by atoms with Crippen molar-refractivity contribution in [2.24, 2.45) is 0 Å². The van der Waals surface area contributed by atoms with Crippen LogP contribution in [-0.2, 0) is 6.42 Å². The molecular formula is C28H34N4S. The lowest BCUT2D eigenvalue weighted by Gasteiger charge is -2.37. The summed E-state index contributed by atoms with van der Waals surface area (Å²) in [6.45, 7) is 6.67. The van der Waals surface area contributed by atoms with Crippen LogP contribution in [0.5, 0.6) is 0 Å². The zero-order valence-electron chi connectivity index (χ0n) is 19.9. The fourth-order valence-electron chi connectivity index (χ4n) is 5.82. The topological polar surface area (TPSA) is 33.1 Å². The van der Waals surface area contributed by atoms with Gasteiger partial charge < -0.3 is 14.8 Å². The first-order valence-corrected chi connectivity index (χ1v) is 12.8. The predicted molar refractivity (Wildman–Crippen MR) is 139 cm³/mol. The number of aromatic nitrogens is 2. The molecule has 5 rings (SSSR count). The van der Waals surface area contributed by atoms with Gasteiger partial charge in [-0.05, 0) is 86.8 Å². The van der Waals surface area contributed by atoms with E-state index < -0.39 is 0 Å². The van der Waals surface area contributed by atoms with Gasteiger partial charge in [-0.25, -0.2) is 0 Å². The fraction of sp³-hybridized carbons (Fsp3) is 0.429. The van der Waals surface area contributed by atoms with Crippen LogP contribution in [0.2, 0.25) is 0 Å². The van der Waals surface area contributed by atoms with Gasteiger partial charge in [-0.1, -0.05) is 44.4 Å². The molecule has 0 amide bonds.